The maximum atomic E-state index is 11.0. The topological polar surface area (TPSA) is 49.3 Å². The van der Waals surface area contributed by atoms with E-state index in [0.29, 0.717) is 6.42 Å². The Morgan fingerprint density at radius 3 is 2.53 bits per heavy atom. The maximum Gasteiger partial charge on any atom is 0.162 e. The largest absolute Gasteiger partial charge is 0.393 e. The molecule has 2 rings (SSSR count). The van der Waals surface area contributed by atoms with E-state index in [-0.39, 0.29) is 11.9 Å². The van der Waals surface area contributed by atoms with Crippen LogP contribution in [0, 0.1) is 0 Å². The minimum atomic E-state index is -0.0266. The highest BCUT2D eigenvalue weighted by Crippen LogP contribution is 2.11. The molecule has 0 atom stereocenters. The highest BCUT2D eigenvalue weighted by molar-refractivity contribution is 5.97. The second-order valence-corrected chi connectivity index (χ2v) is 4.40. The van der Waals surface area contributed by atoms with Crippen LogP contribution in [0.4, 0.5) is 0 Å². The van der Waals surface area contributed by atoms with Gasteiger partial charge in [0.05, 0.1) is 6.10 Å². The molecule has 1 fully saturated rings. The molecular formula is C14H23NO2. The SMILES string of the molecule is CCC(=O)C1=CCCC=C1.OC1CCNCC1. The number of carbonyl (C=O) groups is 1. The Kier molecular flexibility index (Phi) is 6.82. The number of nitrogens with one attached hydrogen (secondary N) is 1. The Bertz CT molecular complexity index is 289. The van der Waals surface area contributed by atoms with Crippen molar-refractivity contribution in [1.82, 2.24) is 5.32 Å². The van der Waals surface area contributed by atoms with Gasteiger partial charge in [-0.25, -0.2) is 0 Å². The fourth-order valence-electron chi connectivity index (χ4n) is 1.83. The summed E-state index contributed by atoms with van der Waals surface area (Å²) >= 11 is 0. The fraction of sp³-hybridized carbons (Fsp3) is 0.643. The smallest absolute Gasteiger partial charge is 0.162 e. The highest BCUT2D eigenvalue weighted by Gasteiger charge is 2.06. The quantitative estimate of drug-likeness (QED) is 0.772. The normalized spacial score (nSPS) is 20.2. The zero-order valence-electron chi connectivity index (χ0n) is 10.6. The van der Waals surface area contributed by atoms with Crippen molar-refractivity contribution in [2.24, 2.45) is 0 Å². The van der Waals surface area contributed by atoms with Crippen LogP contribution < -0.4 is 5.32 Å². The third-order valence-electron chi connectivity index (χ3n) is 2.95. The van der Waals surface area contributed by atoms with Gasteiger partial charge in [-0.1, -0.05) is 25.2 Å². The summed E-state index contributed by atoms with van der Waals surface area (Å²) in [6.07, 6.45) is 10.6. The zero-order valence-corrected chi connectivity index (χ0v) is 10.6. The molecule has 1 saturated heterocycles. The standard InChI is InChI=1S/C9H12O.C5H11NO/c1-2-9(10)8-6-4-3-5-7-8;7-5-1-3-6-4-2-5/h4,6-7H,2-3,5H2,1H3;5-7H,1-4H2. The van der Waals surface area contributed by atoms with E-state index in [0.717, 1.165) is 44.3 Å². The molecule has 3 heteroatoms. The molecule has 0 radical (unpaired) electrons. The zero-order chi connectivity index (χ0) is 12.5. The lowest BCUT2D eigenvalue weighted by molar-refractivity contribution is -0.115. The van der Waals surface area contributed by atoms with Crippen molar-refractivity contribution in [3.05, 3.63) is 23.8 Å². The third-order valence-corrected chi connectivity index (χ3v) is 2.95. The second-order valence-electron chi connectivity index (χ2n) is 4.40. The number of rotatable bonds is 2. The van der Waals surface area contributed by atoms with E-state index in [1.807, 2.05) is 19.1 Å². The molecule has 3 nitrogen and oxygen atoms in total. The highest BCUT2D eigenvalue weighted by atomic mass is 16.3. The molecule has 0 saturated carbocycles. The predicted molar refractivity (Wildman–Crippen MR) is 69.9 cm³/mol. The summed E-state index contributed by atoms with van der Waals surface area (Å²) in [6, 6.07) is 0. The van der Waals surface area contributed by atoms with Crippen molar-refractivity contribution >= 4 is 5.78 Å². The van der Waals surface area contributed by atoms with Crippen molar-refractivity contribution in [2.75, 3.05) is 13.1 Å². The first-order valence-corrected chi connectivity index (χ1v) is 6.52. The Balaban J connectivity index is 0.000000181. The lowest BCUT2D eigenvalue weighted by atomic mass is 10.0. The van der Waals surface area contributed by atoms with Crippen molar-refractivity contribution in [2.45, 2.75) is 45.1 Å². The third kappa shape index (κ3) is 5.80. The van der Waals surface area contributed by atoms with E-state index in [1.165, 1.54) is 0 Å². The van der Waals surface area contributed by atoms with Crippen LogP contribution in [0.5, 0.6) is 0 Å². The van der Waals surface area contributed by atoms with Crippen molar-refractivity contribution in [3.8, 4) is 0 Å². The first-order chi connectivity index (χ1) is 8.24. The van der Waals surface area contributed by atoms with Crippen LogP contribution in [0.2, 0.25) is 0 Å². The van der Waals surface area contributed by atoms with Crippen LogP contribution >= 0.6 is 0 Å². The minimum Gasteiger partial charge on any atom is -0.393 e. The van der Waals surface area contributed by atoms with E-state index >= 15 is 0 Å². The average molecular weight is 237 g/mol. The lowest BCUT2D eigenvalue weighted by Gasteiger charge is -2.16. The number of allylic oxidation sites excluding steroid dienone is 4. The molecule has 0 aromatic heterocycles. The summed E-state index contributed by atoms with van der Waals surface area (Å²) in [4.78, 5) is 11.0. The van der Waals surface area contributed by atoms with Crippen molar-refractivity contribution < 1.29 is 9.90 Å². The van der Waals surface area contributed by atoms with Gasteiger partial charge in [0.1, 0.15) is 0 Å². The summed E-state index contributed by atoms with van der Waals surface area (Å²) < 4.78 is 0. The molecule has 0 spiro atoms. The number of hydrogen-bond donors (Lipinski definition) is 2. The van der Waals surface area contributed by atoms with Crippen LogP contribution in [0.3, 0.4) is 0 Å². The van der Waals surface area contributed by atoms with Gasteiger partial charge < -0.3 is 10.4 Å². The van der Waals surface area contributed by atoms with Crippen LogP contribution in [0.15, 0.2) is 23.8 Å². The molecule has 17 heavy (non-hydrogen) atoms. The van der Waals surface area contributed by atoms with Gasteiger partial charge in [0.15, 0.2) is 5.78 Å². The van der Waals surface area contributed by atoms with E-state index in [2.05, 4.69) is 11.4 Å². The number of hydrogen-bond acceptors (Lipinski definition) is 3. The molecule has 1 aliphatic carbocycles. The van der Waals surface area contributed by atoms with E-state index in [1.54, 1.807) is 0 Å². The van der Waals surface area contributed by atoms with Gasteiger partial charge in [0.2, 0.25) is 0 Å². The monoisotopic (exact) mass is 237 g/mol. The van der Waals surface area contributed by atoms with Crippen LogP contribution in [0.25, 0.3) is 0 Å². The van der Waals surface area contributed by atoms with Gasteiger partial charge in [-0.3, -0.25) is 4.79 Å². The molecule has 0 aromatic carbocycles. The summed E-state index contributed by atoms with van der Waals surface area (Å²) in [5, 5.41) is 12.0. The summed E-state index contributed by atoms with van der Waals surface area (Å²) in [5.74, 6) is 0.260. The van der Waals surface area contributed by atoms with Gasteiger partial charge >= 0.3 is 0 Å². The van der Waals surface area contributed by atoms with E-state index in [9.17, 15) is 4.79 Å². The minimum absolute atomic E-state index is 0.0266. The number of carbonyl (C=O) groups excluding carboxylic acids is 1. The number of aliphatic hydroxyl groups is 1. The Morgan fingerprint density at radius 1 is 1.41 bits per heavy atom. The van der Waals surface area contributed by atoms with E-state index < -0.39 is 0 Å². The van der Waals surface area contributed by atoms with Gasteiger partial charge in [0, 0.05) is 12.0 Å². The Hall–Kier alpha value is -0.930. The molecule has 2 N–H and O–H groups in total. The van der Waals surface area contributed by atoms with Crippen LogP contribution in [-0.2, 0) is 4.79 Å². The molecule has 0 bridgehead atoms. The van der Waals surface area contributed by atoms with Gasteiger partial charge in [0.25, 0.3) is 0 Å². The first-order valence-electron chi connectivity index (χ1n) is 6.52. The number of aliphatic hydroxyl groups excluding tert-OH is 1. The van der Waals surface area contributed by atoms with Crippen LogP contribution in [0.1, 0.15) is 39.0 Å². The summed E-state index contributed by atoms with van der Waals surface area (Å²) in [7, 11) is 0. The Labute approximate surface area is 104 Å². The summed E-state index contributed by atoms with van der Waals surface area (Å²) in [5.41, 5.74) is 0.897. The molecule has 0 amide bonds. The van der Waals surface area contributed by atoms with Gasteiger partial charge in [-0.15, -0.1) is 0 Å². The van der Waals surface area contributed by atoms with E-state index in [4.69, 9.17) is 5.11 Å². The van der Waals surface area contributed by atoms with Crippen LogP contribution in [-0.4, -0.2) is 30.1 Å². The number of ketones is 1. The molecule has 0 aromatic rings. The molecule has 1 aliphatic heterocycles. The average Bonchev–Trinajstić information content (AvgIpc) is 2.40. The van der Waals surface area contributed by atoms with Crippen molar-refractivity contribution in [1.29, 1.82) is 0 Å². The first kappa shape index (κ1) is 14.1. The number of piperidine rings is 1. The molecule has 2 aliphatic rings. The second kappa shape index (κ2) is 8.20. The van der Waals surface area contributed by atoms with Gasteiger partial charge in [-0.2, -0.15) is 0 Å². The molecule has 96 valence electrons. The summed E-state index contributed by atoms with van der Waals surface area (Å²) in [6.45, 7) is 3.87. The van der Waals surface area contributed by atoms with Crippen molar-refractivity contribution in [3.63, 3.8) is 0 Å². The molecule has 1 heterocycles. The fourth-order valence-corrected chi connectivity index (χ4v) is 1.83. The van der Waals surface area contributed by atoms with Gasteiger partial charge in [-0.05, 0) is 38.8 Å². The predicted octanol–water partition coefficient (Wildman–Crippen LogP) is 1.97. The Morgan fingerprint density at radius 2 is 2.12 bits per heavy atom. The number of Topliss-reactive ketones (excluding diaryl/α,β-unsaturated/α-hetero) is 1. The lowest BCUT2D eigenvalue weighted by Crippen LogP contribution is -2.30. The molecular weight excluding hydrogens is 214 g/mol. The molecule has 0 unspecified atom stereocenters. The maximum absolute atomic E-state index is 11.0.